The highest BCUT2D eigenvalue weighted by molar-refractivity contribution is 5.69. The molecule has 1 heterocycles. The molecule has 1 N–H and O–H groups in total. The van der Waals surface area contributed by atoms with E-state index in [2.05, 4.69) is 6.58 Å². The summed E-state index contributed by atoms with van der Waals surface area (Å²) in [6, 6.07) is 0.0207. The van der Waals surface area contributed by atoms with E-state index >= 15 is 0 Å². The van der Waals surface area contributed by atoms with Gasteiger partial charge < -0.3 is 14.7 Å². The lowest BCUT2D eigenvalue weighted by Gasteiger charge is -2.31. The first-order chi connectivity index (χ1) is 7.89. The Labute approximate surface area is 103 Å². The number of carbonyl (C=O) groups excluding carboxylic acids is 1. The SMILES string of the molecule is C=C[C@H](CO)[C@@H]1CCCN1C(=O)OC(C)(C)C. The number of ether oxygens (including phenoxy) is 1. The zero-order chi connectivity index (χ0) is 13.1. The first-order valence-electron chi connectivity index (χ1n) is 6.12. The highest BCUT2D eigenvalue weighted by Gasteiger charge is 2.35. The Morgan fingerprint density at radius 2 is 2.29 bits per heavy atom. The zero-order valence-electron chi connectivity index (χ0n) is 11.0. The molecule has 0 spiro atoms. The Kier molecular flexibility index (Phi) is 4.57. The maximum Gasteiger partial charge on any atom is 0.410 e. The fraction of sp³-hybridized carbons (Fsp3) is 0.769. The van der Waals surface area contributed by atoms with E-state index in [1.54, 1.807) is 11.0 Å². The summed E-state index contributed by atoms with van der Waals surface area (Å²) in [6.45, 7) is 9.99. The van der Waals surface area contributed by atoms with Gasteiger partial charge in [-0.05, 0) is 33.6 Å². The molecule has 4 heteroatoms. The summed E-state index contributed by atoms with van der Waals surface area (Å²) in [7, 11) is 0. The second kappa shape index (κ2) is 5.54. The van der Waals surface area contributed by atoms with E-state index in [4.69, 9.17) is 4.74 Å². The highest BCUT2D eigenvalue weighted by Crippen LogP contribution is 2.26. The monoisotopic (exact) mass is 241 g/mol. The second-order valence-corrected chi connectivity index (χ2v) is 5.47. The predicted molar refractivity (Wildman–Crippen MR) is 66.7 cm³/mol. The number of aliphatic hydroxyl groups excluding tert-OH is 1. The summed E-state index contributed by atoms with van der Waals surface area (Å²) < 4.78 is 5.36. The summed E-state index contributed by atoms with van der Waals surface area (Å²) in [5, 5.41) is 9.27. The summed E-state index contributed by atoms with van der Waals surface area (Å²) in [4.78, 5) is 13.7. The molecule has 1 aliphatic heterocycles. The van der Waals surface area contributed by atoms with E-state index in [9.17, 15) is 9.90 Å². The Hall–Kier alpha value is -1.03. The molecule has 0 aromatic rings. The topological polar surface area (TPSA) is 49.8 Å². The van der Waals surface area contributed by atoms with Crippen molar-refractivity contribution in [2.45, 2.75) is 45.3 Å². The quantitative estimate of drug-likeness (QED) is 0.770. The summed E-state index contributed by atoms with van der Waals surface area (Å²) >= 11 is 0. The molecule has 1 saturated heterocycles. The van der Waals surface area contributed by atoms with Crippen molar-refractivity contribution in [3.8, 4) is 0 Å². The van der Waals surface area contributed by atoms with Crippen molar-refractivity contribution >= 4 is 6.09 Å². The van der Waals surface area contributed by atoms with Gasteiger partial charge in [-0.25, -0.2) is 4.79 Å². The minimum atomic E-state index is -0.479. The van der Waals surface area contributed by atoms with Crippen molar-refractivity contribution < 1.29 is 14.6 Å². The van der Waals surface area contributed by atoms with Gasteiger partial charge in [0.1, 0.15) is 5.60 Å². The third kappa shape index (κ3) is 3.73. The maximum absolute atomic E-state index is 12.0. The largest absolute Gasteiger partial charge is 0.444 e. The van der Waals surface area contributed by atoms with E-state index in [-0.39, 0.29) is 24.7 Å². The molecule has 4 nitrogen and oxygen atoms in total. The first-order valence-corrected chi connectivity index (χ1v) is 6.12. The normalized spacial score (nSPS) is 22.4. The number of nitrogens with zero attached hydrogens (tertiary/aromatic N) is 1. The van der Waals surface area contributed by atoms with Crippen LogP contribution in [-0.4, -0.2) is 40.9 Å². The maximum atomic E-state index is 12.0. The van der Waals surface area contributed by atoms with E-state index in [1.807, 2.05) is 20.8 Å². The van der Waals surface area contributed by atoms with Gasteiger partial charge in [-0.15, -0.1) is 6.58 Å². The number of hydrogen-bond acceptors (Lipinski definition) is 3. The van der Waals surface area contributed by atoms with Crippen LogP contribution in [0.2, 0.25) is 0 Å². The third-order valence-electron chi connectivity index (χ3n) is 2.94. The van der Waals surface area contributed by atoms with Gasteiger partial charge in [-0.1, -0.05) is 6.08 Å². The molecule has 0 saturated carbocycles. The molecule has 2 atom stereocenters. The van der Waals surface area contributed by atoms with Crippen molar-refractivity contribution in [2.24, 2.45) is 5.92 Å². The standard InChI is InChI=1S/C13H23NO3/c1-5-10(9-15)11-7-6-8-14(11)12(16)17-13(2,3)4/h5,10-11,15H,1,6-9H2,2-4H3/t10-,11+/m1/s1. The Balaban J connectivity index is 2.69. The van der Waals surface area contributed by atoms with Crippen LogP contribution in [0.25, 0.3) is 0 Å². The van der Waals surface area contributed by atoms with Gasteiger partial charge in [0, 0.05) is 18.5 Å². The molecular weight excluding hydrogens is 218 g/mol. The van der Waals surface area contributed by atoms with E-state index in [0.717, 1.165) is 12.8 Å². The van der Waals surface area contributed by atoms with Crippen LogP contribution in [0.4, 0.5) is 4.79 Å². The minimum Gasteiger partial charge on any atom is -0.444 e. The average molecular weight is 241 g/mol. The van der Waals surface area contributed by atoms with Gasteiger partial charge >= 0.3 is 6.09 Å². The lowest BCUT2D eigenvalue weighted by atomic mass is 9.99. The third-order valence-corrected chi connectivity index (χ3v) is 2.94. The molecular formula is C13H23NO3. The second-order valence-electron chi connectivity index (χ2n) is 5.47. The molecule has 1 amide bonds. The Morgan fingerprint density at radius 3 is 2.76 bits per heavy atom. The molecule has 0 radical (unpaired) electrons. The molecule has 0 aromatic heterocycles. The van der Waals surface area contributed by atoms with Crippen LogP contribution in [0.15, 0.2) is 12.7 Å². The lowest BCUT2D eigenvalue weighted by molar-refractivity contribution is 0.0172. The molecule has 0 bridgehead atoms. The molecule has 1 rings (SSSR count). The molecule has 0 aliphatic carbocycles. The fourth-order valence-corrected chi connectivity index (χ4v) is 2.14. The summed E-state index contributed by atoms with van der Waals surface area (Å²) in [6.07, 6.45) is 3.28. The Morgan fingerprint density at radius 1 is 1.65 bits per heavy atom. The molecule has 0 aromatic carbocycles. The van der Waals surface area contributed by atoms with Crippen molar-refractivity contribution in [1.29, 1.82) is 0 Å². The minimum absolute atomic E-state index is 0.0207. The van der Waals surface area contributed by atoms with Crippen LogP contribution in [0.3, 0.4) is 0 Å². The van der Waals surface area contributed by atoms with Crippen molar-refractivity contribution in [3.05, 3.63) is 12.7 Å². The van der Waals surface area contributed by atoms with Crippen LogP contribution in [0.5, 0.6) is 0 Å². The van der Waals surface area contributed by atoms with Crippen LogP contribution in [-0.2, 0) is 4.74 Å². The molecule has 0 unspecified atom stereocenters. The van der Waals surface area contributed by atoms with Crippen molar-refractivity contribution in [3.63, 3.8) is 0 Å². The molecule has 17 heavy (non-hydrogen) atoms. The number of amides is 1. The van der Waals surface area contributed by atoms with Gasteiger partial charge in [0.25, 0.3) is 0 Å². The smallest absolute Gasteiger partial charge is 0.410 e. The summed E-state index contributed by atoms with van der Waals surface area (Å²) in [5.41, 5.74) is -0.479. The van der Waals surface area contributed by atoms with E-state index < -0.39 is 5.60 Å². The number of aliphatic hydroxyl groups is 1. The summed E-state index contributed by atoms with van der Waals surface area (Å²) in [5.74, 6) is -0.0648. The average Bonchev–Trinajstić information content (AvgIpc) is 2.66. The fourth-order valence-electron chi connectivity index (χ4n) is 2.14. The van der Waals surface area contributed by atoms with Crippen LogP contribution in [0.1, 0.15) is 33.6 Å². The van der Waals surface area contributed by atoms with E-state index in [1.165, 1.54) is 0 Å². The van der Waals surface area contributed by atoms with Crippen LogP contribution >= 0.6 is 0 Å². The van der Waals surface area contributed by atoms with Crippen molar-refractivity contribution in [2.75, 3.05) is 13.2 Å². The molecule has 1 fully saturated rings. The zero-order valence-corrected chi connectivity index (χ0v) is 11.0. The van der Waals surface area contributed by atoms with Crippen LogP contribution < -0.4 is 0 Å². The van der Waals surface area contributed by atoms with Gasteiger partial charge in [-0.2, -0.15) is 0 Å². The van der Waals surface area contributed by atoms with Crippen molar-refractivity contribution in [1.82, 2.24) is 4.90 Å². The number of carbonyl (C=O) groups is 1. The van der Waals surface area contributed by atoms with Gasteiger partial charge in [0.15, 0.2) is 0 Å². The molecule has 1 aliphatic rings. The predicted octanol–water partition coefficient (Wildman–Crippen LogP) is 2.18. The number of likely N-dealkylation sites (tertiary alicyclic amines) is 1. The number of hydrogen-bond donors (Lipinski definition) is 1. The van der Waals surface area contributed by atoms with Gasteiger partial charge in [0.2, 0.25) is 0 Å². The number of rotatable bonds is 3. The van der Waals surface area contributed by atoms with Gasteiger partial charge in [0.05, 0.1) is 6.61 Å². The Bertz CT molecular complexity index is 283. The van der Waals surface area contributed by atoms with E-state index in [0.29, 0.717) is 6.54 Å². The highest BCUT2D eigenvalue weighted by atomic mass is 16.6. The van der Waals surface area contributed by atoms with Crippen LogP contribution in [0, 0.1) is 5.92 Å². The lowest BCUT2D eigenvalue weighted by Crippen LogP contribution is -2.43. The molecule has 98 valence electrons. The van der Waals surface area contributed by atoms with Gasteiger partial charge in [-0.3, -0.25) is 0 Å². The first kappa shape index (κ1) is 14.0.